The lowest BCUT2D eigenvalue weighted by Crippen LogP contribution is -2.29. The zero-order valence-electron chi connectivity index (χ0n) is 7.01. The van der Waals surface area contributed by atoms with Gasteiger partial charge in [-0.1, -0.05) is 29.8 Å². The number of amides is 1. The quantitative estimate of drug-likeness (QED) is 0.613. The Kier molecular flexibility index (Phi) is 2.93. The van der Waals surface area contributed by atoms with E-state index in [9.17, 15) is 4.79 Å². The highest BCUT2D eigenvalue weighted by atomic mass is 79.9. The summed E-state index contributed by atoms with van der Waals surface area (Å²) in [5.74, 6) is 1.55. The molecule has 1 heterocycles. The maximum atomic E-state index is 11.2. The van der Waals surface area contributed by atoms with Crippen LogP contribution in [0.15, 0.2) is 0 Å². The van der Waals surface area contributed by atoms with Crippen LogP contribution >= 0.6 is 15.9 Å². The van der Waals surface area contributed by atoms with Gasteiger partial charge in [-0.2, -0.15) is 0 Å². The third kappa shape index (κ3) is 1.95. The number of halogens is 1. The van der Waals surface area contributed by atoms with E-state index in [1.54, 1.807) is 0 Å². The molecule has 0 N–H and O–H groups in total. The van der Waals surface area contributed by atoms with Gasteiger partial charge in [-0.3, -0.25) is 4.79 Å². The minimum absolute atomic E-state index is 0.223. The highest BCUT2D eigenvalue weighted by Gasteiger charge is 2.28. The Morgan fingerprint density at radius 3 is 2.27 bits per heavy atom. The summed E-state index contributed by atoms with van der Waals surface area (Å²) in [6.45, 7) is 6.27. The molecule has 0 bridgehead atoms. The number of carbonyl (C=O) groups excluding carboxylic acids is 1. The third-order valence-corrected chi connectivity index (χ3v) is 2.93. The van der Waals surface area contributed by atoms with Crippen LogP contribution in [-0.2, 0) is 4.79 Å². The minimum atomic E-state index is 0.223. The van der Waals surface area contributed by atoms with Gasteiger partial charge < -0.3 is 4.90 Å². The molecule has 2 unspecified atom stereocenters. The Hall–Kier alpha value is -0.0500. The van der Waals surface area contributed by atoms with Gasteiger partial charge in [0.15, 0.2) is 0 Å². The van der Waals surface area contributed by atoms with Gasteiger partial charge in [-0.25, -0.2) is 0 Å². The van der Waals surface area contributed by atoms with E-state index in [0.717, 1.165) is 13.1 Å². The monoisotopic (exact) mass is 219 g/mol. The van der Waals surface area contributed by atoms with Crippen molar-refractivity contribution in [3.63, 3.8) is 0 Å². The summed E-state index contributed by atoms with van der Waals surface area (Å²) in [7, 11) is 0. The molecule has 64 valence electrons. The number of hydrogen-bond acceptors (Lipinski definition) is 1. The normalized spacial score (nSPS) is 31.0. The highest BCUT2D eigenvalue weighted by Crippen LogP contribution is 2.22. The summed E-state index contributed by atoms with van der Waals surface area (Å²) < 4.78 is 0. The molecular weight excluding hydrogens is 206 g/mol. The Balaban J connectivity index is 2.46. The summed E-state index contributed by atoms with van der Waals surface area (Å²) in [5.41, 5.74) is 0. The summed E-state index contributed by atoms with van der Waals surface area (Å²) >= 11 is 3.17. The molecule has 1 saturated heterocycles. The van der Waals surface area contributed by atoms with Crippen LogP contribution in [0.5, 0.6) is 0 Å². The molecule has 0 aliphatic carbocycles. The first-order valence-corrected chi connectivity index (χ1v) is 5.11. The van der Waals surface area contributed by atoms with E-state index < -0.39 is 0 Å². The second-order valence-corrected chi connectivity index (χ2v) is 3.95. The van der Waals surface area contributed by atoms with E-state index in [1.165, 1.54) is 0 Å². The molecule has 1 aliphatic heterocycles. The van der Waals surface area contributed by atoms with Gasteiger partial charge in [0.1, 0.15) is 0 Å². The van der Waals surface area contributed by atoms with Gasteiger partial charge in [0.2, 0.25) is 5.91 Å². The molecule has 1 aliphatic rings. The van der Waals surface area contributed by atoms with Crippen molar-refractivity contribution in [2.24, 2.45) is 11.8 Å². The van der Waals surface area contributed by atoms with Crippen LogP contribution in [0.4, 0.5) is 0 Å². The molecule has 1 amide bonds. The molecule has 1 rings (SSSR count). The van der Waals surface area contributed by atoms with Crippen molar-refractivity contribution in [3.05, 3.63) is 0 Å². The molecule has 2 nitrogen and oxygen atoms in total. The Morgan fingerprint density at radius 2 is 1.91 bits per heavy atom. The second-order valence-electron chi connectivity index (χ2n) is 3.39. The summed E-state index contributed by atoms with van der Waals surface area (Å²) in [5, 5.41) is 0.465. The predicted molar refractivity (Wildman–Crippen MR) is 48.7 cm³/mol. The molecule has 0 radical (unpaired) electrons. The van der Waals surface area contributed by atoms with Crippen molar-refractivity contribution in [1.29, 1.82) is 0 Å². The average Bonchev–Trinajstić information content (AvgIpc) is 2.31. The molecule has 11 heavy (non-hydrogen) atoms. The van der Waals surface area contributed by atoms with Crippen molar-refractivity contribution in [2.45, 2.75) is 13.8 Å². The molecular formula is C8H14BrNO. The molecule has 3 heteroatoms. The first-order valence-electron chi connectivity index (χ1n) is 3.99. The van der Waals surface area contributed by atoms with E-state index >= 15 is 0 Å². The number of rotatable bonds is 1. The summed E-state index contributed by atoms with van der Waals surface area (Å²) in [6.07, 6.45) is 0. The SMILES string of the molecule is CC1CN(C(=O)CBr)CC1C. The van der Waals surface area contributed by atoms with E-state index in [-0.39, 0.29) is 5.91 Å². The van der Waals surface area contributed by atoms with Gasteiger partial charge in [0.25, 0.3) is 0 Å². The first-order chi connectivity index (χ1) is 5.15. The zero-order valence-corrected chi connectivity index (χ0v) is 8.60. The summed E-state index contributed by atoms with van der Waals surface area (Å²) in [4.78, 5) is 13.1. The first kappa shape index (κ1) is 9.04. The Bertz CT molecular complexity index is 150. The minimum Gasteiger partial charge on any atom is -0.341 e. The van der Waals surface area contributed by atoms with Gasteiger partial charge in [0, 0.05) is 13.1 Å². The standard InChI is InChI=1S/C8H14BrNO/c1-6-4-10(5-7(6)2)8(11)3-9/h6-7H,3-5H2,1-2H3. The fourth-order valence-corrected chi connectivity index (χ4v) is 1.77. The Labute approximate surface area is 76.1 Å². The topological polar surface area (TPSA) is 20.3 Å². The molecule has 1 fully saturated rings. The van der Waals surface area contributed by atoms with Crippen molar-refractivity contribution in [3.8, 4) is 0 Å². The largest absolute Gasteiger partial charge is 0.341 e. The van der Waals surface area contributed by atoms with Crippen LogP contribution in [0, 0.1) is 11.8 Å². The fourth-order valence-electron chi connectivity index (χ4n) is 1.42. The van der Waals surface area contributed by atoms with E-state index in [2.05, 4.69) is 29.8 Å². The van der Waals surface area contributed by atoms with Crippen molar-refractivity contribution >= 4 is 21.8 Å². The smallest absolute Gasteiger partial charge is 0.233 e. The van der Waals surface area contributed by atoms with Crippen LogP contribution in [0.1, 0.15) is 13.8 Å². The highest BCUT2D eigenvalue weighted by molar-refractivity contribution is 9.09. The van der Waals surface area contributed by atoms with Crippen LogP contribution in [0.25, 0.3) is 0 Å². The lowest BCUT2D eigenvalue weighted by molar-refractivity contribution is -0.127. The second kappa shape index (κ2) is 3.57. The average molecular weight is 220 g/mol. The Morgan fingerprint density at radius 1 is 1.45 bits per heavy atom. The number of alkyl halides is 1. The maximum Gasteiger partial charge on any atom is 0.233 e. The van der Waals surface area contributed by atoms with Gasteiger partial charge in [-0.15, -0.1) is 0 Å². The molecule has 2 atom stereocenters. The predicted octanol–water partition coefficient (Wildman–Crippen LogP) is 1.50. The molecule has 0 aromatic heterocycles. The summed E-state index contributed by atoms with van der Waals surface area (Å²) in [6, 6.07) is 0. The van der Waals surface area contributed by atoms with Gasteiger partial charge >= 0.3 is 0 Å². The lowest BCUT2D eigenvalue weighted by Gasteiger charge is -2.13. The van der Waals surface area contributed by atoms with Crippen LogP contribution in [0.3, 0.4) is 0 Å². The van der Waals surface area contributed by atoms with Gasteiger partial charge in [-0.05, 0) is 11.8 Å². The van der Waals surface area contributed by atoms with E-state index in [1.807, 2.05) is 4.90 Å². The van der Waals surface area contributed by atoms with E-state index in [0.29, 0.717) is 17.2 Å². The van der Waals surface area contributed by atoms with E-state index in [4.69, 9.17) is 0 Å². The van der Waals surface area contributed by atoms with Crippen LogP contribution in [0.2, 0.25) is 0 Å². The third-order valence-electron chi connectivity index (χ3n) is 2.46. The van der Waals surface area contributed by atoms with Crippen molar-refractivity contribution in [2.75, 3.05) is 18.4 Å². The van der Waals surface area contributed by atoms with Crippen molar-refractivity contribution < 1.29 is 4.79 Å². The van der Waals surface area contributed by atoms with Crippen molar-refractivity contribution in [1.82, 2.24) is 4.90 Å². The van der Waals surface area contributed by atoms with Crippen LogP contribution < -0.4 is 0 Å². The van der Waals surface area contributed by atoms with Gasteiger partial charge in [0.05, 0.1) is 5.33 Å². The fraction of sp³-hybridized carbons (Fsp3) is 0.875. The molecule has 0 aromatic carbocycles. The van der Waals surface area contributed by atoms with Crippen LogP contribution in [-0.4, -0.2) is 29.2 Å². The molecule has 0 aromatic rings. The maximum absolute atomic E-state index is 11.2. The number of likely N-dealkylation sites (tertiary alicyclic amines) is 1. The molecule has 0 spiro atoms. The number of carbonyl (C=O) groups is 1. The number of nitrogens with zero attached hydrogens (tertiary/aromatic N) is 1. The lowest BCUT2D eigenvalue weighted by atomic mass is 10.0. The molecule has 0 saturated carbocycles. The number of hydrogen-bond donors (Lipinski definition) is 0. The zero-order chi connectivity index (χ0) is 8.43.